The highest BCUT2D eigenvalue weighted by Gasteiger charge is 2.01. The third-order valence-electron chi connectivity index (χ3n) is 4.30. The maximum absolute atomic E-state index is 9.45. The van der Waals surface area contributed by atoms with E-state index in [-0.39, 0.29) is 0 Å². The van der Waals surface area contributed by atoms with Crippen LogP contribution in [0.4, 0.5) is 0 Å². The lowest BCUT2D eigenvalue weighted by Gasteiger charge is -2.04. The first-order valence-corrected chi connectivity index (χ1v) is 10.4. The van der Waals surface area contributed by atoms with Crippen LogP contribution in [0.25, 0.3) is 0 Å². The molecule has 4 heteroatoms. The molecule has 0 aromatic carbocycles. The Balaban J connectivity index is 0. The number of aliphatic hydroxyl groups is 2. The molecule has 0 bridgehead atoms. The summed E-state index contributed by atoms with van der Waals surface area (Å²) in [6.07, 6.45) is 18.0. The maximum Gasteiger partial charge on any atom is 0.332 e. The molecule has 1 atom stereocenters. The van der Waals surface area contributed by atoms with Gasteiger partial charge in [0.05, 0.1) is 0 Å². The largest absolute Gasteiger partial charge is 0.479 e. The van der Waals surface area contributed by atoms with Crippen LogP contribution >= 0.6 is 0 Å². The van der Waals surface area contributed by atoms with Crippen LogP contribution in [0.2, 0.25) is 0 Å². The minimum absolute atomic E-state index is 0.372. The van der Waals surface area contributed by atoms with E-state index >= 15 is 0 Å². The predicted octanol–water partition coefficient (Wildman–Crippen LogP) is 5.55. The van der Waals surface area contributed by atoms with Crippen molar-refractivity contribution in [2.75, 3.05) is 6.61 Å². The van der Waals surface area contributed by atoms with Gasteiger partial charge >= 0.3 is 5.97 Å². The monoisotopic (exact) mass is 360 g/mol. The second-order valence-corrected chi connectivity index (χ2v) is 7.52. The molecule has 3 N–H and O–H groups in total. The fourth-order valence-corrected chi connectivity index (χ4v) is 2.61. The van der Waals surface area contributed by atoms with Crippen molar-refractivity contribution in [1.29, 1.82) is 0 Å². The zero-order chi connectivity index (χ0) is 19.3. The summed E-state index contributed by atoms with van der Waals surface area (Å²) in [4.78, 5) is 9.45. The topological polar surface area (TPSA) is 77.8 Å². The molecule has 0 rings (SSSR count). The second kappa shape index (κ2) is 21.4. The van der Waals surface area contributed by atoms with Crippen molar-refractivity contribution in [2.24, 2.45) is 5.92 Å². The van der Waals surface area contributed by atoms with Gasteiger partial charge in [0.25, 0.3) is 0 Å². The molecule has 0 fully saturated rings. The number of carboxylic acid groups (broad SMARTS) is 1. The number of aliphatic carboxylic acids is 1. The molecule has 0 heterocycles. The van der Waals surface area contributed by atoms with Crippen molar-refractivity contribution in [2.45, 2.75) is 117 Å². The molecular formula is C21H44O4. The van der Waals surface area contributed by atoms with Crippen molar-refractivity contribution in [3.05, 3.63) is 0 Å². The average Bonchev–Trinajstić information content (AvgIpc) is 2.55. The van der Waals surface area contributed by atoms with Crippen molar-refractivity contribution in [3.63, 3.8) is 0 Å². The molecule has 0 radical (unpaired) electrons. The minimum Gasteiger partial charge on any atom is -0.479 e. The molecule has 1 unspecified atom stereocenters. The van der Waals surface area contributed by atoms with E-state index in [1.54, 1.807) is 0 Å². The third-order valence-corrected chi connectivity index (χ3v) is 4.30. The first-order chi connectivity index (χ1) is 11.9. The number of hydrogen-bond acceptors (Lipinski definition) is 3. The van der Waals surface area contributed by atoms with Crippen LogP contribution in [0, 0.1) is 5.92 Å². The number of rotatable bonds is 16. The van der Waals surface area contributed by atoms with E-state index in [1.165, 1.54) is 90.4 Å². The van der Waals surface area contributed by atoms with Crippen LogP contribution < -0.4 is 0 Å². The maximum atomic E-state index is 9.45. The van der Waals surface area contributed by atoms with E-state index in [1.807, 2.05) is 0 Å². The fraction of sp³-hybridized carbons (Fsp3) is 0.952. The molecule has 0 aliphatic carbocycles. The normalized spacial score (nSPS) is 11.9. The first-order valence-electron chi connectivity index (χ1n) is 10.4. The second-order valence-electron chi connectivity index (χ2n) is 7.52. The Kier molecular flexibility index (Phi) is 22.8. The Labute approximate surface area is 156 Å². The SMILES string of the molecule is CC(C)CCCCCCCCCCCCCCCO.CC(O)C(=O)O. The molecule has 4 nitrogen and oxygen atoms in total. The fourth-order valence-electron chi connectivity index (χ4n) is 2.61. The Morgan fingerprint density at radius 2 is 0.960 bits per heavy atom. The Morgan fingerprint density at radius 3 is 1.20 bits per heavy atom. The standard InChI is InChI=1S/C18H38O.C3H6O3/c1-18(2)16-14-12-10-8-6-4-3-5-7-9-11-13-15-17-19;1-2(4)3(5)6/h18-19H,3-17H2,1-2H3;2,4H,1H3,(H,5,6). The predicted molar refractivity (Wildman–Crippen MR) is 106 cm³/mol. The molecule has 0 saturated carbocycles. The summed E-state index contributed by atoms with van der Waals surface area (Å²) in [7, 11) is 0. The van der Waals surface area contributed by atoms with E-state index in [0.717, 1.165) is 12.3 Å². The molecule has 0 aromatic rings. The highest BCUT2D eigenvalue weighted by molar-refractivity contribution is 5.71. The molecule has 0 amide bonds. The number of hydrogen-bond donors (Lipinski definition) is 3. The summed E-state index contributed by atoms with van der Waals surface area (Å²) in [5.74, 6) is -0.299. The number of carbonyl (C=O) groups is 1. The zero-order valence-corrected chi connectivity index (χ0v) is 17.0. The van der Waals surface area contributed by atoms with Gasteiger partial charge in [0.15, 0.2) is 0 Å². The van der Waals surface area contributed by atoms with Gasteiger partial charge in [-0.05, 0) is 19.3 Å². The highest BCUT2D eigenvalue weighted by atomic mass is 16.4. The summed E-state index contributed by atoms with van der Waals surface area (Å²) >= 11 is 0. The molecule has 0 aromatic heterocycles. The van der Waals surface area contributed by atoms with Crippen LogP contribution in [-0.4, -0.2) is 34.0 Å². The summed E-state index contributed by atoms with van der Waals surface area (Å²) in [5, 5.41) is 24.4. The van der Waals surface area contributed by atoms with E-state index < -0.39 is 12.1 Å². The Hall–Kier alpha value is -0.610. The molecule has 0 spiro atoms. The average molecular weight is 361 g/mol. The van der Waals surface area contributed by atoms with Crippen molar-refractivity contribution >= 4 is 5.97 Å². The number of aliphatic hydroxyl groups excluding tert-OH is 2. The molecule has 152 valence electrons. The summed E-state index contributed by atoms with van der Waals surface area (Å²) in [6, 6.07) is 0. The van der Waals surface area contributed by atoms with Crippen molar-refractivity contribution in [1.82, 2.24) is 0 Å². The Bertz CT molecular complexity index is 265. The van der Waals surface area contributed by atoms with E-state index in [0.29, 0.717) is 6.61 Å². The minimum atomic E-state index is -1.23. The van der Waals surface area contributed by atoms with Gasteiger partial charge in [-0.25, -0.2) is 4.79 Å². The lowest BCUT2D eigenvalue weighted by atomic mass is 10.0. The van der Waals surface area contributed by atoms with Gasteiger partial charge in [0.2, 0.25) is 0 Å². The van der Waals surface area contributed by atoms with Gasteiger partial charge in [0.1, 0.15) is 6.10 Å². The van der Waals surface area contributed by atoms with Gasteiger partial charge in [-0.15, -0.1) is 0 Å². The van der Waals surface area contributed by atoms with Crippen molar-refractivity contribution < 1.29 is 20.1 Å². The quantitative estimate of drug-likeness (QED) is 0.315. The summed E-state index contributed by atoms with van der Waals surface area (Å²) < 4.78 is 0. The smallest absolute Gasteiger partial charge is 0.332 e. The summed E-state index contributed by atoms with van der Waals surface area (Å²) in [6.45, 7) is 6.22. The lowest BCUT2D eigenvalue weighted by Crippen LogP contribution is -2.13. The highest BCUT2D eigenvalue weighted by Crippen LogP contribution is 2.14. The first kappa shape index (κ1) is 26.6. The third kappa shape index (κ3) is 28.5. The van der Waals surface area contributed by atoms with Gasteiger partial charge in [-0.3, -0.25) is 0 Å². The molecule has 25 heavy (non-hydrogen) atoms. The van der Waals surface area contributed by atoms with Gasteiger partial charge in [0, 0.05) is 6.61 Å². The van der Waals surface area contributed by atoms with E-state index in [2.05, 4.69) is 13.8 Å². The van der Waals surface area contributed by atoms with Crippen molar-refractivity contribution in [3.8, 4) is 0 Å². The van der Waals surface area contributed by atoms with Crippen LogP contribution in [0.15, 0.2) is 0 Å². The van der Waals surface area contributed by atoms with Crippen LogP contribution in [0.3, 0.4) is 0 Å². The summed E-state index contributed by atoms with van der Waals surface area (Å²) in [5.41, 5.74) is 0. The van der Waals surface area contributed by atoms with E-state index in [4.69, 9.17) is 15.3 Å². The molecule has 0 aliphatic rings. The van der Waals surface area contributed by atoms with Crippen LogP contribution in [-0.2, 0) is 4.79 Å². The van der Waals surface area contributed by atoms with Gasteiger partial charge in [-0.2, -0.15) is 0 Å². The van der Waals surface area contributed by atoms with Gasteiger partial charge < -0.3 is 15.3 Å². The van der Waals surface area contributed by atoms with Crippen LogP contribution in [0.1, 0.15) is 111 Å². The lowest BCUT2D eigenvalue weighted by molar-refractivity contribution is -0.145. The zero-order valence-electron chi connectivity index (χ0n) is 17.0. The molecule has 0 saturated heterocycles. The molecule has 0 aliphatic heterocycles. The number of carboxylic acids is 1. The molecular weight excluding hydrogens is 316 g/mol. The van der Waals surface area contributed by atoms with Gasteiger partial charge in [-0.1, -0.05) is 97.3 Å². The van der Waals surface area contributed by atoms with Crippen LogP contribution in [0.5, 0.6) is 0 Å². The number of unbranched alkanes of at least 4 members (excludes halogenated alkanes) is 12. The Morgan fingerprint density at radius 1 is 0.680 bits per heavy atom. The van der Waals surface area contributed by atoms with E-state index in [9.17, 15) is 4.79 Å².